The van der Waals surface area contributed by atoms with E-state index < -0.39 is 0 Å². The van der Waals surface area contributed by atoms with Gasteiger partial charge >= 0.3 is 0 Å². The van der Waals surface area contributed by atoms with Gasteiger partial charge in [0.25, 0.3) is 5.56 Å². The number of aromatic nitrogens is 3. The van der Waals surface area contributed by atoms with Gasteiger partial charge in [0.2, 0.25) is 5.95 Å². The molecule has 0 amide bonds. The molecule has 0 unspecified atom stereocenters. The normalized spacial score (nSPS) is 10.8. The van der Waals surface area contributed by atoms with Gasteiger partial charge in [-0.25, -0.2) is 4.98 Å². The maximum atomic E-state index is 13.3. The second kappa shape index (κ2) is 9.96. The summed E-state index contributed by atoms with van der Waals surface area (Å²) in [5.41, 5.74) is 3.48. The highest BCUT2D eigenvalue weighted by atomic mass is 35.5. The Labute approximate surface area is 203 Å². The van der Waals surface area contributed by atoms with E-state index in [2.05, 4.69) is 31.4 Å². The van der Waals surface area contributed by atoms with Crippen molar-refractivity contribution in [2.24, 2.45) is 7.05 Å². The molecule has 2 N–H and O–H groups in total. The third kappa shape index (κ3) is 4.46. The highest BCUT2D eigenvalue weighted by Gasteiger charge is 2.19. The van der Waals surface area contributed by atoms with Gasteiger partial charge in [0.1, 0.15) is 5.65 Å². The van der Waals surface area contributed by atoms with Crippen molar-refractivity contribution in [3.8, 4) is 23.5 Å². The first-order valence-corrected chi connectivity index (χ1v) is 11.2. The zero-order valence-corrected chi connectivity index (χ0v) is 20.0. The summed E-state index contributed by atoms with van der Waals surface area (Å²) in [4.78, 5) is 24.5. The molecule has 172 valence electrons. The summed E-state index contributed by atoms with van der Waals surface area (Å²) in [6, 6.07) is 15.1. The quantitative estimate of drug-likeness (QED) is 0.395. The SMILES string of the molecule is C#Cc1c(-c2ccccc2Cl)c(=O)n(C)c2nc(Nc3ccc(N(C)CCNC)cc3)ncc12. The van der Waals surface area contributed by atoms with Crippen LogP contribution in [0.5, 0.6) is 0 Å². The molecule has 0 saturated carbocycles. The van der Waals surface area contributed by atoms with Crippen LogP contribution >= 0.6 is 11.6 Å². The van der Waals surface area contributed by atoms with E-state index >= 15 is 0 Å². The van der Waals surface area contributed by atoms with E-state index in [0.717, 1.165) is 24.5 Å². The van der Waals surface area contributed by atoms with E-state index in [4.69, 9.17) is 18.0 Å². The Kier molecular flexibility index (Phi) is 6.82. The average Bonchev–Trinajstić information content (AvgIpc) is 2.85. The lowest BCUT2D eigenvalue weighted by molar-refractivity contribution is 0.768. The van der Waals surface area contributed by atoms with Gasteiger partial charge in [0.05, 0.1) is 16.5 Å². The van der Waals surface area contributed by atoms with Gasteiger partial charge < -0.3 is 15.5 Å². The first-order chi connectivity index (χ1) is 16.4. The minimum Gasteiger partial charge on any atom is -0.373 e. The number of aryl methyl sites for hydroxylation is 1. The maximum absolute atomic E-state index is 13.3. The van der Waals surface area contributed by atoms with Gasteiger partial charge in [-0.15, -0.1) is 6.42 Å². The molecule has 0 bridgehead atoms. The van der Waals surface area contributed by atoms with Crippen LogP contribution in [0.25, 0.3) is 22.2 Å². The summed E-state index contributed by atoms with van der Waals surface area (Å²) < 4.78 is 1.47. The zero-order chi connectivity index (χ0) is 24.2. The average molecular weight is 473 g/mol. The molecule has 4 rings (SSSR count). The van der Waals surface area contributed by atoms with Gasteiger partial charge in [-0.3, -0.25) is 9.36 Å². The second-order valence-electron chi connectivity index (χ2n) is 7.87. The summed E-state index contributed by atoms with van der Waals surface area (Å²) in [6.07, 6.45) is 7.47. The molecule has 2 heterocycles. The molecule has 0 fully saturated rings. The molecule has 0 spiro atoms. The molecule has 2 aromatic heterocycles. The van der Waals surface area contributed by atoms with Crippen LogP contribution in [-0.4, -0.2) is 41.7 Å². The van der Waals surface area contributed by atoms with Crippen molar-refractivity contribution in [1.29, 1.82) is 0 Å². The van der Waals surface area contributed by atoms with Crippen LogP contribution in [0.3, 0.4) is 0 Å². The number of nitrogens with zero attached hydrogens (tertiary/aromatic N) is 4. The summed E-state index contributed by atoms with van der Waals surface area (Å²) >= 11 is 6.37. The maximum Gasteiger partial charge on any atom is 0.261 e. The lowest BCUT2D eigenvalue weighted by atomic mass is 9.99. The third-order valence-electron chi connectivity index (χ3n) is 5.67. The van der Waals surface area contributed by atoms with Gasteiger partial charge in [-0.05, 0) is 37.4 Å². The molecule has 34 heavy (non-hydrogen) atoms. The molecule has 2 aromatic carbocycles. The number of pyridine rings is 1. The molecule has 4 aromatic rings. The van der Waals surface area contributed by atoms with Crippen LogP contribution in [0.2, 0.25) is 5.02 Å². The molecule has 0 atom stereocenters. The van der Waals surface area contributed by atoms with E-state index in [1.807, 2.05) is 44.4 Å². The van der Waals surface area contributed by atoms with Crippen LogP contribution in [0.1, 0.15) is 5.56 Å². The van der Waals surface area contributed by atoms with Crippen LogP contribution in [-0.2, 0) is 7.05 Å². The number of nitrogens with one attached hydrogen (secondary N) is 2. The van der Waals surface area contributed by atoms with Crippen LogP contribution in [0.15, 0.2) is 59.5 Å². The fourth-order valence-corrected chi connectivity index (χ4v) is 4.00. The van der Waals surface area contributed by atoms with Gasteiger partial charge in [0, 0.05) is 55.3 Å². The monoisotopic (exact) mass is 472 g/mol. The van der Waals surface area contributed by atoms with E-state index in [1.165, 1.54) is 4.57 Å². The Balaban J connectivity index is 1.71. The molecular formula is C26H25ClN6O. The Bertz CT molecular complexity index is 1440. The van der Waals surface area contributed by atoms with E-state index in [0.29, 0.717) is 38.7 Å². The number of hydrogen-bond acceptors (Lipinski definition) is 6. The summed E-state index contributed by atoms with van der Waals surface area (Å²) in [7, 11) is 5.65. The fraction of sp³-hybridized carbons (Fsp3) is 0.192. The highest BCUT2D eigenvalue weighted by molar-refractivity contribution is 6.33. The van der Waals surface area contributed by atoms with Crippen LogP contribution < -0.4 is 21.1 Å². The topological polar surface area (TPSA) is 75.1 Å². The van der Waals surface area contributed by atoms with Crippen molar-refractivity contribution in [3.05, 3.63) is 75.7 Å². The van der Waals surface area contributed by atoms with Crippen molar-refractivity contribution >= 4 is 40.0 Å². The molecule has 0 saturated heterocycles. The number of halogens is 1. The van der Waals surface area contributed by atoms with Crippen molar-refractivity contribution in [2.45, 2.75) is 0 Å². The Hall–Kier alpha value is -3.86. The van der Waals surface area contributed by atoms with Crippen molar-refractivity contribution in [2.75, 3.05) is 37.4 Å². The summed E-state index contributed by atoms with van der Waals surface area (Å²) in [6.45, 7) is 1.80. The van der Waals surface area contributed by atoms with Crippen LogP contribution in [0, 0.1) is 12.3 Å². The minimum absolute atomic E-state index is 0.271. The Morgan fingerprint density at radius 3 is 2.59 bits per heavy atom. The first kappa shape index (κ1) is 23.3. The van der Waals surface area contributed by atoms with Gasteiger partial charge in [-0.2, -0.15) is 4.98 Å². The number of hydrogen-bond donors (Lipinski definition) is 2. The smallest absolute Gasteiger partial charge is 0.261 e. The number of anilines is 3. The lowest BCUT2D eigenvalue weighted by Crippen LogP contribution is -2.26. The Morgan fingerprint density at radius 1 is 1.18 bits per heavy atom. The number of benzene rings is 2. The fourth-order valence-electron chi connectivity index (χ4n) is 3.77. The summed E-state index contributed by atoms with van der Waals surface area (Å²) in [5.74, 6) is 3.02. The van der Waals surface area contributed by atoms with E-state index in [9.17, 15) is 4.79 Å². The molecule has 0 aliphatic rings. The molecule has 8 heteroatoms. The number of fused-ring (bicyclic) bond motifs is 1. The standard InChI is InChI=1S/C26H25ClN6O/c1-5-19-21-16-29-26(30-17-10-12-18(13-11-17)32(3)15-14-28-2)31-24(21)33(4)25(34)23(19)20-8-6-7-9-22(20)27/h1,6-13,16,28H,14-15H2,2-4H3,(H,29,30,31). The van der Waals surface area contributed by atoms with Crippen molar-refractivity contribution in [3.63, 3.8) is 0 Å². The van der Waals surface area contributed by atoms with Gasteiger partial charge in [-0.1, -0.05) is 35.7 Å². The minimum atomic E-state index is -0.271. The predicted molar refractivity (Wildman–Crippen MR) is 140 cm³/mol. The molecular weight excluding hydrogens is 448 g/mol. The van der Waals surface area contributed by atoms with Crippen molar-refractivity contribution < 1.29 is 0 Å². The second-order valence-corrected chi connectivity index (χ2v) is 8.27. The molecule has 7 nitrogen and oxygen atoms in total. The van der Waals surface area contributed by atoms with Crippen molar-refractivity contribution in [1.82, 2.24) is 19.9 Å². The zero-order valence-electron chi connectivity index (χ0n) is 19.3. The molecule has 0 aliphatic heterocycles. The molecule has 0 radical (unpaired) electrons. The van der Waals surface area contributed by atoms with E-state index in [-0.39, 0.29) is 5.56 Å². The lowest BCUT2D eigenvalue weighted by Gasteiger charge is -2.19. The largest absolute Gasteiger partial charge is 0.373 e. The van der Waals surface area contributed by atoms with E-state index in [1.54, 1.807) is 31.4 Å². The highest BCUT2D eigenvalue weighted by Crippen LogP contribution is 2.31. The predicted octanol–water partition coefficient (Wildman–Crippen LogP) is 4.03. The summed E-state index contributed by atoms with van der Waals surface area (Å²) in [5, 5.41) is 7.41. The Morgan fingerprint density at radius 2 is 1.91 bits per heavy atom. The van der Waals surface area contributed by atoms with Gasteiger partial charge in [0.15, 0.2) is 0 Å². The molecule has 0 aliphatic carbocycles. The number of rotatable bonds is 7. The van der Waals surface area contributed by atoms with Crippen LogP contribution in [0.4, 0.5) is 17.3 Å². The number of terminal acetylenes is 1. The third-order valence-corrected chi connectivity index (χ3v) is 6.00. The first-order valence-electron chi connectivity index (χ1n) is 10.8. The number of likely N-dealkylation sites (N-methyl/N-ethyl adjacent to an activating group) is 2.